The molecule has 0 bridgehead atoms. The lowest BCUT2D eigenvalue weighted by atomic mass is 9.96. The van der Waals surface area contributed by atoms with Gasteiger partial charge in [0.2, 0.25) is 0 Å². The first kappa shape index (κ1) is 12.2. The molecule has 0 radical (unpaired) electrons. The van der Waals surface area contributed by atoms with Crippen molar-refractivity contribution in [2.24, 2.45) is 11.7 Å². The molecule has 0 aliphatic carbocycles. The van der Waals surface area contributed by atoms with Crippen molar-refractivity contribution in [3.63, 3.8) is 0 Å². The van der Waals surface area contributed by atoms with Gasteiger partial charge in [0.1, 0.15) is 0 Å². The maximum atomic E-state index is 6.04. The molecule has 0 aromatic heterocycles. The molecular weight excluding hydrogens is 186 g/mol. The van der Waals surface area contributed by atoms with Gasteiger partial charge < -0.3 is 10.5 Å². The van der Waals surface area contributed by atoms with Gasteiger partial charge in [0.05, 0.1) is 6.61 Å². The van der Waals surface area contributed by atoms with E-state index < -0.39 is 0 Å². The lowest BCUT2D eigenvalue weighted by Crippen LogP contribution is -2.28. The van der Waals surface area contributed by atoms with Gasteiger partial charge in [-0.2, -0.15) is 0 Å². The number of nitrogens with two attached hydrogens (primary N) is 1. The second kappa shape index (κ2) is 5.89. The number of benzene rings is 1. The Morgan fingerprint density at radius 3 is 2.53 bits per heavy atom. The van der Waals surface area contributed by atoms with E-state index in [1.54, 1.807) is 7.11 Å². The summed E-state index contributed by atoms with van der Waals surface area (Å²) in [6.45, 7) is 4.98. The van der Waals surface area contributed by atoms with Gasteiger partial charge in [0.15, 0.2) is 0 Å². The van der Waals surface area contributed by atoms with Crippen LogP contribution in [0.15, 0.2) is 24.3 Å². The van der Waals surface area contributed by atoms with Crippen molar-refractivity contribution in [3.05, 3.63) is 35.4 Å². The van der Waals surface area contributed by atoms with E-state index in [0.717, 1.165) is 6.42 Å². The minimum Gasteiger partial charge on any atom is -0.380 e. The Morgan fingerprint density at radius 2 is 1.93 bits per heavy atom. The minimum absolute atomic E-state index is 0.239. The molecule has 2 N–H and O–H groups in total. The summed E-state index contributed by atoms with van der Waals surface area (Å²) in [5, 5.41) is 0. The fourth-order valence-corrected chi connectivity index (χ4v) is 1.52. The van der Waals surface area contributed by atoms with Crippen LogP contribution in [0.2, 0.25) is 0 Å². The normalized spacial score (nSPS) is 13.1. The molecule has 2 nitrogen and oxygen atoms in total. The summed E-state index contributed by atoms with van der Waals surface area (Å²) in [6.07, 6.45) is 0.940. The van der Waals surface area contributed by atoms with E-state index in [1.165, 1.54) is 11.1 Å². The predicted octanol–water partition coefficient (Wildman–Crippen LogP) is 2.36. The molecule has 1 atom stereocenters. The van der Waals surface area contributed by atoms with Gasteiger partial charge in [-0.1, -0.05) is 38.1 Å². The van der Waals surface area contributed by atoms with Crippen LogP contribution >= 0.6 is 0 Å². The molecule has 0 saturated carbocycles. The molecule has 0 heterocycles. The van der Waals surface area contributed by atoms with Crippen LogP contribution in [0, 0.1) is 5.92 Å². The number of rotatable bonds is 5. The zero-order valence-corrected chi connectivity index (χ0v) is 9.86. The molecule has 0 fully saturated rings. The number of ether oxygens (including phenoxy) is 1. The first-order valence-corrected chi connectivity index (χ1v) is 5.46. The van der Waals surface area contributed by atoms with Gasteiger partial charge in [-0.25, -0.2) is 0 Å². The summed E-state index contributed by atoms with van der Waals surface area (Å²) in [5.41, 5.74) is 8.55. The van der Waals surface area contributed by atoms with Crippen LogP contribution in [0.5, 0.6) is 0 Å². The van der Waals surface area contributed by atoms with E-state index in [9.17, 15) is 0 Å². The van der Waals surface area contributed by atoms with Gasteiger partial charge in [-0.05, 0) is 23.5 Å². The quantitative estimate of drug-likeness (QED) is 0.804. The summed E-state index contributed by atoms with van der Waals surface area (Å²) in [7, 11) is 1.71. The van der Waals surface area contributed by atoms with E-state index in [-0.39, 0.29) is 6.04 Å². The fourth-order valence-electron chi connectivity index (χ4n) is 1.52. The van der Waals surface area contributed by atoms with Crippen molar-refractivity contribution in [1.29, 1.82) is 0 Å². The predicted molar refractivity (Wildman–Crippen MR) is 63.7 cm³/mol. The summed E-state index contributed by atoms with van der Waals surface area (Å²) >= 11 is 0. The maximum Gasteiger partial charge on any atom is 0.0713 e. The van der Waals surface area contributed by atoms with Crippen LogP contribution in [0.3, 0.4) is 0 Å². The Morgan fingerprint density at radius 1 is 1.27 bits per heavy atom. The Hall–Kier alpha value is -0.860. The molecule has 84 valence electrons. The van der Waals surface area contributed by atoms with Crippen LogP contribution in [-0.4, -0.2) is 13.2 Å². The average molecular weight is 207 g/mol. The zero-order valence-electron chi connectivity index (χ0n) is 9.86. The van der Waals surface area contributed by atoms with Gasteiger partial charge in [-0.3, -0.25) is 0 Å². The van der Waals surface area contributed by atoms with Crippen molar-refractivity contribution in [1.82, 2.24) is 0 Å². The fraction of sp³-hybridized carbons (Fsp3) is 0.538. The first-order chi connectivity index (χ1) is 7.13. The zero-order chi connectivity index (χ0) is 11.3. The number of hydrogen-bond donors (Lipinski definition) is 1. The molecular formula is C13H21NO. The second-order valence-corrected chi connectivity index (χ2v) is 4.36. The molecule has 15 heavy (non-hydrogen) atoms. The van der Waals surface area contributed by atoms with Gasteiger partial charge in [0, 0.05) is 13.2 Å². The average Bonchev–Trinajstić information content (AvgIpc) is 2.18. The molecule has 0 saturated heterocycles. The van der Waals surface area contributed by atoms with E-state index in [0.29, 0.717) is 12.5 Å². The van der Waals surface area contributed by atoms with E-state index >= 15 is 0 Å². The monoisotopic (exact) mass is 207 g/mol. The molecule has 1 unspecified atom stereocenters. The third-order valence-electron chi connectivity index (χ3n) is 2.63. The van der Waals surface area contributed by atoms with Crippen molar-refractivity contribution >= 4 is 0 Å². The smallest absolute Gasteiger partial charge is 0.0713 e. The number of hydrogen-bond acceptors (Lipinski definition) is 2. The van der Waals surface area contributed by atoms with Crippen LogP contribution in [0.1, 0.15) is 25.0 Å². The Bertz CT molecular complexity index is 296. The first-order valence-electron chi connectivity index (χ1n) is 5.46. The number of methoxy groups -OCH3 is 1. The minimum atomic E-state index is 0.239. The van der Waals surface area contributed by atoms with Gasteiger partial charge in [0.25, 0.3) is 0 Å². The topological polar surface area (TPSA) is 35.2 Å². The van der Waals surface area contributed by atoms with Crippen LogP contribution in [-0.2, 0) is 17.8 Å². The highest BCUT2D eigenvalue weighted by atomic mass is 16.5. The molecule has 0 aliphatic rings. The Labute approximate surface area is 92.4 Å². The third kappa shape index (κ3) is 4.02. The van der Waals surface area contributed by atoms with Crippen molar-refractivity contribution < 1.29 is 4.74 Å². The highest BCUT2D eigenvalue weighted by molar-refractivity contribution is 5.23. The molecule has 0 aliphatic heterocycles. The van der Waals surface area contributed by atoms with Crippen molar-refractivity contribution in [2.75, 3.05) is 7.11 Å². The molecule has 0 amide bonds. The van der Waals surface area contributed by atoms with Gasteiger partial charge >= 0.3 is 0 Å². The summed E-state index contributed by atoms with van der Waals surface area (Å²) in [6, 6.07) is 8.68. The molecule has 1 aromatic carbocycles. The Balaban J connectivity index is 2.64. The standard InChI is InChI=1S/C13H21NO/c1-10(2)13(14)8-11-5-4-6-12(7-11)9-15-3/h4-7,10,13H,8-9,14H2,1-3H3. The molecule has 1 rings (SSSR count). The van der Waals surface area contributed by atoms with E-state index in [1.807, 2.05) is 0 Å². The molecule has 1 aromatic rings. The highest BCUT2D eigenvalue weighted by Gasteiger charge is 2.08. The van der Waals surface area contributed by atoms with Crippen LogP contribution < -0.4 is 5.73 Å². The van der Waals surface area contributed by atoms with Crippen LogP contribution in [0.4, 0.5) is 0 Å². The molecule has 2 heteroatoms. The highest BCUT2D eigenvalue weighted by Crippen LogP contribution is 2.11. The lowest BCUT2D eigenvalue weighted by molar-refractivity contribution is 0.185. The largest absolute Gasteiger partial charge is 0.380 e. The van der Waals surface area contributed by atoms with E-state index in [4.69, 9.17) is 10.5 Å². The Kier molecular flexibility index (Phi) is 4.79. The molecule has 0 spiro atoms. The van der Waals surface area contributed by atoms with Crippen molar-refractivity contribution in [2.45, 2.75) is 32.9 Å². The second-order valence-electron chi connectivity index (χ2n) is 4.36. The third-order valence-corrected chi connectivity index (χ3v) is 2.63. The van der Waals surface area contributed by atoms with Crippen molar-refractivity contribution in [3.8, 4) is 0 Å². The summed E-state index contributed by atoms with van der Waals surface area (Å²) in [4.78, 5) is 0. The SMILES string of the molecule is COCc1cccc(CC(N)C(C)C)c1. The summed E-state index contributed by atoms with van der Waals surface area (Å²) < 4.78 is 5.10. The lowest BCUT2D eigenvalue weighted by Gasteiger charge is -2.15. The van der Waals surface area contributed by atoms with Gasteiger partial charge in [-0.15, -0.1) is 0 Å². The van der Waals surface area contributed by atoms with Crippen LogP contribution in [0.25, 0.3) is 0 Å². The van der Waals surface area contributed by atoms with E-state index in [2.05, 4.69) is 38.1 Å². The maximum absolute atomic E-state index is 6.04. The summed E-state index contributed by atoms with van der Waals surface area (Å²) in [5.74, 6) is 0.524.